The summed E-state index contributed by atoms with van der Waals surface area (Å²) in [6, 6.07) is 0. The summed E-state index contributed by atoms with van der Waals surface area (Å²) in [7, 11) is 0. The Balaban J connectivity index is 1.97. The van der Waals surface area contributed by atoms with E-state index < -0.39 is 0 Å². The van der Waals surface area contributed by atoms with Crippen LogP contribution in [0.25, 0.3) is 0 Å². The van der Waals surface area contributed by atoms with E-state index >= 15 is 0 Å². The van der Waals surface area contributed by atoms with Crippen molar-refractivity contribution in [1.29, 1.82) is 0 Å². The van der Waals surface area contributed by atoms with Crippen molar-refractivity contribution < 1.29 is 4.74 Å². The van der Waals surface area contributed by atoms with Gasteiger partial charge in [0.05, 0.1) is 5.69 Å². The zero-order chi connectivity index (χ0) is 11.2. The lowest BCUT2D eigenvalue weighted by Gasteiger charge is -2.17. The molecule has 1 N–H and O–H groups in total. The predicted molar refractivity (Wildman–Crippen MR) is 62.7 cm³/mol. The molecule has 0 radical (unpaired) electrons. The lowest BCUT2D eigenvalue weighted by atomic mass is 9.97. The van der Waals surface area contributed by atoms with Crippen LogP contribution in [0.2, 0.25) is 0 Å². The Morgan fingerprint density at radius 3 is 3.06 bits per heavy atom. The summed E-state index contributed by atoms with van der Waals surface area (Å²) in [4.78, 5) is 8.55. The molecule has 4 heteroatoms. The Kier molecular flexibility index (Phi) is 4.10. The third kappa shape index (κ3) is 2.70. The number of ether oxygens (including phenoxy) is 1. The van der Waals surface area contributed by atoms with Gasteiger partial charge >= 0.3 is 0 Å². The molecule has 1 heterocycles. The van der Waals surface area contributed by atoms with Gasteiger partial charge in [-0.2, -0.15) is 0 Å². The molecule has 0 aromatic carbocycles. The third-order valence-corrected chi connectivity index (χ3v) is 2.85. The highest BCUT2D eigenvalue weighted by atomic mass is 16.5. The minimum atomic E-state index is 0.678. The topological polar surface area (TPSA) is 47.0 Å². The fraction of sp³-hybridized carbons (Fsp3) is 0.667. The number of hydrogen-bond acceptors (Lipinski definition) is 4. The monoisotopic (exact) mass is 221 g/mol. The van der Waals surface area contributed by atoms with Crippen LogP contribution in [0.5, 0.6) is 5.88 Å². The van der Waals surface area contributed by atoms with Gasteiger partial charge in [-0.05, 0) is 32.2 Å². The van der Waals surface area contributed by atoms with Crippen LogP contribution < -0.4 is 10.1 Å². The van der Waals surface area contributed by atoms with Crippen LogP contribution in [0, 0.1) is 0 Å². The van der Waals surface area contributed by atoms with Crippen LogP contribution in [-0.2, 0) is 12.8 Å². The smallest absolute Gasteiger partial charge is 0.219 e. The molecule has 1 aliphatic rings. The molecule has 1 aromatic heterocycles. The molecule has 0 saturated heterocycles. The van der Waals surface area contributed by atoms with E-state index in [0.717, 1.165) is 31.8 Å². The van der Waals surface area contributed by atoms with Crippen LogP contribution in [-0.4, -0.2) is 29.7 Å². The molecule has 0 bridgehead atoms. The standard InChI is InChI=1S/C12H19N3O/c1-2-13-7-8-16-12-10-5-3-4-6-11(10)14-9-15-12/h9,13H,2-8H2,1H3. The molecule has 0 atom stereocenters. The molecular formula is C12H19N3O. The van der Waals surface area contributed by atoms with E-state index in [1.54, 1.807) is 6.33 Å². The summed E-state index contributed by atoms with van der Waals surface area (Å²) in [5, 5.41) is 3.23. The second kappa shape index (κ2) is 5.80. The van der Waals surface area contributed by atoms with E-state index in [9.17, 15) is 0 Å². The van der Waals surface area contributed by atoms with Crippen molar-refractivity contribution in [1.82, 2.24) is 15.3 Å². The molecule has 16 heavy (non-hydrogen) atoms. The van der Waals surface area contributed by atoms with E-state index in [1.807, 2.05) is 0 Å². The highest BCUT2D eigenvalue weighted by Crippen LogP contribution is 2.25. The highest BCUT2D eigenvalue weighted by molar-refractivity contribution is 5.31. The van der Waals surface area contributed by atoms with E-state index in [4.69, 9.17) is 4.74 Å². The van der Waals surface area contributed by atoms with Gasteiger partial charge in [0.15, 0.2) is 0 Å². The number of aromatic nitrogens is 2. The number of likely N-dealkylation sites (N-methyl/N-ethyl adjacent to an activating group) is 1. The molecule has 0 fully saturated rings. The Labute approximate surface area is 96.4 Å². The van der Waals surface area contributed by atoms with E-state index in [2.05, 4.69) is 22.2 Å². The maximum Gasteiger partial charge on any atom is 0.219 e. The number of fused-ring (bicyclic) bond motifs is 1. The molecule has 1 aromatic rings. The average molecular weight is 221 g/mol. The van der Waals surface area contributed by atoms with Crippen molar-refractivity contribution in [2.75, 3.05) is 19.7 Å². The quantitative estimate of drug-likeness (QED) is 0.762. The number of aryl methyl sites for hydroxylation is 1. The number of rotatable bonds is 5. The number of nitrogens with zero attached hydrogens (tertiary/aromatic N) is 2. The Bertz CT molecular complexity index is 341. The van der Waals surface area contributed by atoms with Crippen molar-refractivity contribution in [3.8, 4) is 5.88 Å². The average Bonchev–Trinajstić information content (AvgIpc) is 2.35. The van der Waals surface area contributed by atoms with Crippen molar-refractivity contribution in [2.24, 2.45) is 0 Å². The van der Waals surface area contributed by atoms with Crippen LogP contribution in [0.4, 0.5) is 0 Å². The van der Waals surface area contributed by atoms with Gasteiger partial charge in [-0.1, -0.05) is 6.92 Å². The fourth-order valence-corrected chi connectivity index (χ4v) is 2.01. The summed E-state index contributed by atoms with van der Waals surface area (Å²) < 4.78 is 5.69. The molecular weight excluding hydrogens is 202 g/mol. The normalized spacial score (nSPS) is 14.6. The van der Waals surface area contributed by atoms with E-state index in [1.165, 1.54) is 24.1 Å². The first-order valence-electron chi connectivity index (χ1n) is 6.08. The van der Waals surface area contributed by atoms with Crippen LogP contribution in [0.15, 0.2) is 6.33 Å². The molecule has 4 nitrogen and oxygen atoms in total. The second-order valence-electron chi connectivity index (χ2n) is 4.01. The fourth-order valence-electron chi connectivity index (χ4n) is 2.01. The first kappa shape index (κ1) is 11.3. The van der Waals surface area contributed by atoms with Crippen LogP contribution >= 0.6 is 0 Å². The van der Waals surface area contributed by atoms with E-state index in [-0.39, 0.29) is 0 Å². The zero-order valence-electron chi connectivity index (χ0n) is 9.83. The van der Waals surface area contributed by atoms with E-state index in [0.29, 0.717) is 6.61 Å². The molecule has 1 aliphatic carbocycles. The van der Waals surface area contributed by atoms with Gasteiger partial charge in [0.1, 0.15) is 12.9 Å². The van der Waals surface area contributed by atoms with Gasteiger partial charge in [-0.15, -0.1) is 0 Å². The number of nitrogens with one attached hydrogen (secondary N) is 1. The molecule has 2 rings (SSSR count). The largest absolute Gasteiger partial charge is 0.476 e. The molecule has 0 saturated carbocycles. The van der Waals surface area contributed by atoms with Crippen LogP contribution in [0.3, 0.4) is 0 Å². The number of hydrogen-bond donors (Lipinski definition) is 1. The Hall–Kier alpha value is -1.16. The predicted octanol–water partition coefficient (Wildman–Crippen LogP) is 1.34. The van der Waals surface area contributed by atoms with Gasteiger partial charge in [-0.3, -0.25) is 0 Å². The summed E-state index contributed by atoms with van der Waals surface area (Å²) in [5.41, 5.74) is 2.41. The summed E-state index contributed by atoms with van der Waals surface area (Å²) >= 11 is 0. The second-order valence-corrected chi connectivity index (χ2v) is 4.01. The van der Waals surface area contributed by atoms with Gasteiger partial charge in [0.2, 0.25) is 5.88 Å². The van der Waals surface area contributed by atoms with Crippen LogP contribution in [0.1, 0.15) is 31.0 Å². The first-order valence-corrected chi connectivity index (χ1v) is 6.08. The maximum atomic E-state index is 5.69. The Morgan fingerprint density at radius 2 is 2.19 bits per heavy atom. The van der Waals surface area contributed by atoms with Crippen molar-refractivity contribution in [3.63, 3.8) is 0 Å². The lowest BCUT2D eigenvalue weighted by molar-refractivity contribution is 0.297. The molecule has 0 aliphatic heterocycles. The minimum Gasteiger partial charge on any atom is -0.476 e. The van der Waals surface area contributed by atoms with Gasteiger partial charge in [0.25, 0.3) is 0 Å². The highest BCUT2D eigenvalue weighted by Gasteiger charge is 2.15. The summed E-state index contributed by atoms with van der Waals surface area (Å²) in [6.07, 6.45) is 6.21. The maximum absolute atomic E-state index is 5.69. The molecule has 0 spiro atoms. The lowest BCUT2D eigenvalue weighted by Crippen LogP contribution is -2.21. The van der Waals surface area contributed by atoms with Gasteiger partial charge in [0, 0.05) is 12.1 Å². The van der Waals surface area contributed by atoms with Gasteiger partial charge < -0.3 is 10.1 Å². The SMILES string of the molecule is CCNCCOc1ncnc2c1CCCC2. The van der Waals surface area contributed by atoms with Gasteiger partial charge in [-0.25, -0.2) is 9.97 Å². The zero-order valence-corrected chi connectivity index (χ0v) is 9.83. The summed E-state index contributed by atoms with van der Waals surface area (Å²) in [6.45, 7) is 4.62. The van der Waals surface area contributed by atoms with Crippen molar-refractivity contribution >= 4 is 0 Å². The van der Waals surface area contributed by atoms with Crippen molar-refractivity contribution in [3.05, 3.63) is 17.6 Å². The molecule has 0 amide bonds. The first-order chi connectivity index (χ1) is 7.92. The molecule has 0 unspecified atom stereocenters. The minimum absolute atomic E-state index is 0.678. The Morgan fingerprint density at radius 1 is 1.31 bits per heavy atom. The van der Waals surface area contributed by atoms with Crippen molar-refractivity contribution in [2.45, 2.75) is 32.6 Å². The third-order valence-electron chi connectivity index (χ3n) is 2.85. The summed E-state index contributed by atoms with van der Waals surface area (Å²) in [5.74, 6) is 0.794. The molecule has 88 valence electrons.